The average molecular weight is 512 g/mol. The molecular formula is C22H33IN4O2. The standard InChI is InChI=1S/C22H32N4O2.HI/c1-18-8-10-20(11-9-18)27-14-12-24-22(23-2)25-17-19-6-5-7-21(16-19)28-15-13-26(3)4;/h5-11,16H,12-15,17H2,1-4H3,(H2,23,24,25);1H. The number of hydrogen-bond acceptors (Lipinski definition) is 4. The summed E-state index contributed by atoms with van der Waals surface area (Å²) >= 11 is 0. The molecule has 160 valence electrons. The molecule has 0 unspecified atom stereocenters. The van der Waals surface area contributed by atoms with Gasteiger partial charge in [-0.15, -0.1) is 24.0 Å². The van der Waals surface area contributed by atoms with Crippen molar-refractivity contribution in [2.75, 3.05) is 47.4 Å². The first-order chi connectivity index (χ1) is 13.6. The van der Waals surface area contributed by atoms with Crippen LogP contribution in [0.25, 0.3) is 0 Å². The molecule has 7 heteroatoms. The van der Waals surface area contributed by atoms with Gasteiger partial charge in [0.2, 0.25) is 0 Å². The summed E-state index contributed by atoms with van der Waals surface area (Å²) in [7, 11) is 5.83. The van der Waals surface area contributed by atoms with Gasteiger partial charge in [-0.1, -0.05) is 29.8 Å². The van der Waals surface area contributed by atoms with E-state index in [9.17, 15) is 0 Å². The van der Waals surface area contributed by atoms with Crippen molar-refractivity contribution in [3.05, 3.63) is 59.7 Å². The van der Waals surface area contributed by atoms with Crippen molar-refractivity contribution in [3.63, 3.8) is 0 Å². The van der Waals surface area contributed by atoms with Crippen LogP contribution in [0.3, 0.4) is 0 Å². The van der Waals surface area contributed by atoms with Gasteiger partial charge >= 0.3 is 0 Å². The molecular weight excluding hydrogens is 479 g/mol. The van der Waals surface area contributed by atoms with E-state index in [1.165, 1.54) is 5.56 Å². The molecule has 2 aromatic carbocycles. The van der Waals surface area contributed by atoms with E-state index in [4.69, 9.17) is 9.47 Å². The normalized spacial score (nSPS) is 11.0. The highest BCUT2D eigenvalue weighted by atomic mass is 127. The van der Waals surface area contributed by atoms with E-state index in [2.05, 4.69) is 39.6 Å². The zero-order valence-electron chi connectivity index (χ0n) is 17.8. The summed E-state index contributed by atoms with van der Waals surface area (Å²) in [6.07, 6.45) is 0. The first-order valence-electron chi connectivity index (χ1n) is 9.57. The quantitative estimate of drug-likeness (QED) is 0.222. The number of benzene rings is 2. The molecule has 2 rings (SSSR count). The fourth-order valence-corrected chi connectivity index (χ4v) is 2.47. The third-order valence-electron chi connectivity index (χ3n) is 4.07. The van der Waals surface area contributed by atoms with Crippen LogP contribution in [0, 0.1) is 6.92 Å². The number of likely N-dealkylation sites (N-methyl/N-ethyl adjacent to an activating group) is 1. The summed E-state index contributed by atoms with van der Waals surface area (Å²) in [6.45, 7) is 5.54. The Bertz CT molecular complexity index is 736. The van der Waals surface area contributed by atoms with Gasteiger partial charge < -0.3 is 25.0 Å². The van der Waals surface area contributed by atoms with E-state index in [1.807, 2.05) is 50.5 Å². The summed E-state index contributed by atoms with van der Waals surface area (Å²) in [5, 5.41) is 6.57. The lowest BCUT2D eigenvalue weighted by Gasteiger charge is -2.14. The van der Waals surface area contributed by atoms with Gasteiger partial charge in [0.25, 0.3) is 0 Å². The predicted molar refractivity (Wildman–Crippen MR) is 131 cm³/mol. The molecule has 0 spiro atoms. The van der Waals surface area contributed by atoms with Crippen LogP contribution in [-0.2, 0) is 6.54 Å². The highest BCUT2D eigenvalue weighted by Crippen LogP contribution is 2.13. The number of hydrogen-bond donors (Lipinski definition) is 2. The lowest BCUT2D eigenvalue weighted by Crippen LogP contribution is -2.38. The fourth-order valence-electron chi connectivity index (χ4n) is 2.47. The summed E-state index contributed by atoms with van der Waals surface area (Å²) in [6, 6.07) is 16.2. The van der Waals surface area contributed by atoms with Crippen LogP contribution in [0.4, 0.5) is 0 Å². The van der Waals surface area contributed by atoms with Gasteiger partial charge in [0, 0.05) is 20.1 Å². The molecule has 0 bridgehead atoms. The second-order valence-corrected chi connectivity index (χ2v) is 6.81. The summed E-state index contributed by atoms with van der Waals surface area (Å²) in [5.41, 5.74) is 2.36. The third kappa shape index (κ3) is 10.4. The van der Waals surface area contributed by atoms with Crippen LogP contribution in [-0.4, -0.2) is 58.3 Å². The Morgan fingerprint density at radius 2 is 1.69 bits per heavy atom. The predicted octanol–water partition coefficient (Wildman–Crippen LogP) is 3.30. The first-order valence-corrected chi connectivity index (χ1v) is 9.57. The van der Waals surface area contributed by atoms with Gasteiger partial charge in [-0.2, -0.15) is 0 Å². The number of halogens is 1. The number of guanidine groups is 1. The van der Waals surface area contributed by atoms with Gasteiger partial charge in [0.1, 0.15) is 24.7 Å². The molecule has 0 radical (unpaired) electrons. The molecule has 0 aliphatic carbocycles. The van der Waals surface area contributed by atoms with Crippen molar-refractivity contribution in [1.82, 2.24) is 15.5 Å². The molecule has 0 fully saturated rings. The number of ether oxygens (including phenoxy) is 2. The Hall–Kier alpha value is -2.00. The number of aliphatic imine (C=N–C) groups is 1. The molecule has 2 aromatic rings. The zero-order chi connectivity index (χ0) is 20.2. The smallest absolute Gasteiger partial charge is 0.191 e. The minimum atomic E-state index is 0. The Balaban J connectivity index is 0.00000420. The van der Waals surface area contributed by atoms with Crippen molar-refractivity contribution >= 4 is 29.9 Å². The highest BCUT2D eigenvalue weighted by molar-refractivity contribution is 14.0. The van der Waals surface area contributed by atoms with E-state index in [1.54, 1.807) is 7.05 Å². The van der Waals surface area contributed by atoms with Crippen molar-refractivity contribution in [3.8, 4) is 11.5 Å². The van der Waals surface area contributed by atoms with Crippen LogP contribution in [0.2, 0.25) is 0 Å². The molecule has 29 heavy (non-hydrogen) atoms. The molecule has 6 nitrogen and oxygen atoms in total. The van der Waals surface area contributed by atoms with Crippen LogP contribution in [0.5, 0.6) is 11.5 Å². The Kier molecular flexibility index (Phi) is 12.1. The molecule has 2 N–H and O–H groups in total. The minimum absolute atomic E-state index is 0. The lowest BCUT2D eigenvalue weighted by atomic mass is 10.2. The Morgan fingerprint density at radius 3 is 2.38 bits per heavy atom. The molecule has 0 atom stereocenters. The summed E-state index contributed by atoms with van der Waals surface area (Å²) in [4.78, 5) is 6.35. The number of nitrogens with one attached hydrogen (secondary N) is 2. The molecule has 0 saturated heterocycles. The van der Waals surface area contributed by atoms with Gasteiger partial charge in [-0.3, -0.25) is 4.99 Å². The van der Waals surface area contributed by atoms with Crippen molar-refractivity contribution in [2.24, 2.45) is 4.99 Å². The molecule has 0 amide bonds. The van der Waals surface area contributed by atoms with Gasteiger partial charge in [-0.25, -0.2) is 0 Å². The molecule has 0 aromatic heterocycles. The van der Waals surface area contributed by atoms with Crippen LogP contribution in [0.15, 0.2) is 53.5 Å². The van der Waals surface area contributed by atoms with Gasteiger partial charge in [0.15, 0.2) is 5.96 Å². The largest absolute Gasteiger partial charge is 0.492 e. The van der Waals surface area contributed by atoms with E-state index < -0.39 is 0 Å². The molecule has 0 aliphatic rings. The Morgan fingerprint density at radius 1 is 0.966 bits per heavy atom. The topological polar surface area (TPSA) is 58.1 Å². The number of aryl methyl sites for hydroxylation is 1. The SMILES string of the molecule is CN=C(NCCOc1ccc(C)cc1)NCc1cccc(OCCN(C)C)c1.I. The first kappa shape index (κ1) is 25.0. The van der Waals surface area contributed by atoms with Crippen molar-refractivity contribution < 1.29 is 9.47 Å². The van der Waals surface area contributed by atoms with E-state index in [0.29, 0.717) is 26.3 Å². The van der Waals surface area contributed by atoms with Crippen molar-refractivity contribution in [1.29, 1.82) is 0 Å². The summed E-state index contributed by atoms with van der Waals surface area (Å²) in [5.74, 6) is 2.50. The maximum absolute atomic E-state index is 5.79. The minimum Gasteiger partial charge on any atom is -0.492 e. The van der Waals surface area contributed by atoms with Crippen LogP contribution < -0.4 is 20.1 Å². The second kappa shape index (κ2) is 14.1. The van der Waals surface area contributed by atoms with Gasteiger partial charge in [0.05, 0.1) is 6.54 Å². The maximum Gasteiger partial charge on any atom is 0.191 e. The maximum atomic E-state index is 5.79. The van der Waals surface area contributed by atoms with Crippen molar-refractivity contribution in [2.45, 2.75) is 13.5 Å². The average Bonchev–Trinajstić information content (AvgIpc) is 2.69. The number of rotatable bonds is 10. The van der Waals surface area contributed by atoms with E-state index >= 15 is 0 Å². The molecule has 0 saturated carbocycles. The molecule has 0 aliphatic heterocycles. The van der Waals surface area contributed by atoms with E-state index in [0.717, 1.165) is 29.6 Å². The number of nitrogens with zero attached hydrogens (tertiary/aromatic N) is 2. The van der Waals surface area contributed by atoms with E-state index in [-0.39, 0.29) is 24.0 Å². The lowest BCUT2D eigenvalue weighted by molar-refractivity contribution is 0.261. The fraction of sp³-hybridized carbons (Fsp3) is 0.409. The highest BCUT2D eigenvalue weighted by Gasteiger charge is 2.01. The van der Waals surface area contributed by atoms with Crippen LogP contribution in [0.1, 0.15) is 11.1 Å². The molecule has 0 heterocycles. The third-order valence-corrected chi connectivity index (χ3v) is 4.07. The van der Waals surface area contributed by atoms with Gasteiger partial charge in [-0.05, 0) is 50.8 Å². The monoisotopic (exact) mass is 512 g/mol. The zero-order valence-corrected chi connectivity index (χ0v) is 20.1. The van der Waals surface area contributed by atoms with Crippen LogP contribution >= 0.6 is 24.0 Å². The summed E-state index contributed by atoms with van der Waals surface area (Å²) < 4.78 is 11.5. The Labute approximate surface area is 191 Å². The second-order valence-electron chi connectivity index (χ2n) is 6.81.